The maximum absolute atomic E-state index is 2.54. The van der Waals surface area contributed by atoms with Gasteiger partial charge in [0.25, 0.3) is 0 Å². The highest BCUT2D eigenvalue weighted by Crippen LogP contribution is 2.70. The summed E-state index contributed by atoms with van der Waals surface area (Å²) >= 11 is 0. The van der Waals surface area contributed by atoms with Crippen LogP contribution in [0.3, 0.4) is 0 Å². The van der Waals surface area contributed by atoms with Gasteiger partial charge < -0.3 is 0 Å². The van der Waals surface area contributed by atoms with Gasteiger partial charge in [-0.05, 0) is 60.2 Å². The third kappa shape index (κ3) is 1.20. The highest BCUT2D eigenvalue weighted by molar-refractivity contribution is 5.12. The molecule has 15 heavy (non-hydrogen) atoms. The minimum Gasteiger partial charge on any atom is -0.0651 e. The number of hydrogen-bond donors (Lipinski definition) is 0. The molecule has 0 radical (unpaired) electrons. The van der Waals surface area contributed by atoms with Crippen molar-refractivity contribution in [2.24, 2.45) is 47.3 Å². The van der Waals surface area contributed by atoms with Gasteiger partial charge in [0.1, 0.15) is 0 Å². The van der Waals surface area contributed by atoms with E-state index in [1.807, 2.05) is 0 Å². The summed E-state index contributed by atoms with van der Waals surface area (Å²) in [7, 11) is 0. The minimum absolute atomic E-state index is 0.936. The van der Waals surface area contributed by atoms with Crippen molar-refractivity contribution in [3.05, 3.63) is 0 Å². The van der Waals surface area contributed by atoms with Crippen LogP contribution in [-0.2, 0) is 0 Å². The molecule has 0 spiro atoms. The molecule has 0 saturated heterocycles. The average molecular weight is 206 g/mol. The van der Waals surface area contributed by atoms with Crippen LogP contribution < -0.4 is 0 Å². The second-order valence-electron chi connectivity index (χ2n) is 6.81. The van der Waals surface area contributed by atoms with Crippen molar-refractivity contribution >= 4 is 0 Å². The second-order valence-corrected chi connectivity index (χ2v) is 6.81. The van der Waals surface area contributed by atoms with Crippen molar-refractivity contribution in [3.8, 4) is 0 Å². The smallest absolute Gasteiger partial charge is 0.0316 e. The monoisotopic (exact) mass is 206 g/mol. The first-order valence-electron chi connectivity index (χ1n) is 7.16. The van der Waals surface area contributed by atoms with Crippen molar-refractivity contribution in [1.82, 2.24) is 0 Å². The number of fused-ring (bicyclic) bond motifs is 1. The lowest BCUT2D eigenvalue weighted by atomic mass is 9.46. The highest BCUT2D eigenvalue weighted by atomic mass is 14.7. The van der Waals surface area contributed by atoms with Crippen molar-refractivity contribution < 1.29 is 0 Å². The Morgan fingerprint density at radius 3 is 2.07 bits per heavy atom. The molecule has 3 aliphatic carbocycles. The molecule has 0 heteroatoms. The molecule has 0 nitrogen and oxygen atoms in total. The van der Waals surface area contributed by atoms with E-state index in [9.17, 15) is 0 Å². The van der Waals surface area contributed by atoms with Crippen molar-refractivity contribution in [2.45, 2.75) is 47.0 Å². The summed E-state index contributed by atoms with van der Waals surface area (Å²) in [4.78, 5) is 0. The molecule has 86 valence electrons. The molecule has 0 bridgehead atoms. The largest absolute Gasteiger partial charge is 0.0651 e. The van der Waals surface area contributed by atoms with E-state index in [1.54, 1.807) is 12.8 Å². The number of hydrogen-bond acceptors (Lipinski definition) is 0. The zero-order valence-electron chi connectivity index (χ0n) is 10.7. The Hall–Kier alpha value is 0. The third-order valence-electron chi connectivity index (χ3n) is 6.14. The van der Waals surface area contributed by atoms with Gasteiger partial charge in [-0.2, -0.15) is 0 Å². The predicted molar refractivity (Wildman–Crippen MR) is 64.5 cm³/mol. The van der Waals surface area contributed by atoms with E-state index in [0.29, 0.717) is 0 Å². The Morgan fingerprint density at radius 1 is 1.07 bits per heavy atom. The lowest BCUT2D eigenvalue weighted by Crippen LogP contribution is -2.53. The van der Waals surface area contributed by atoms with Crippen LogP contribution in [-0.4, -0.2) is 0 Å². The van der Waals surface area contributed by atoms with Gasteiger partial charge in [-0.3, -0.25) is 0 Å². The van der Waals surface area contributed by atoms with E-state index in [4.69, 9.17) is 0 Å². The van der Waals surface area contributed by atoms with Crippen molar-refractivity contribution in [1.29, 1.82) is 0 Å². The van der Waals surface area contributed by atoms with Gasteiger partial charge in [-0.1, -0.05) is 34.1 Å². The van der Waals surface area contributed by atoms with E-state index in [1.165, 1.54) is 12.3 Å². The molecule has 0 aromatic rings. The summed E-state index contributed by atoms with van der Waals surface area (Å²) in [6.07, 6.45) is 4.56. The molecule has 3 saturated carbocycles. The fraction of sp³-hybridized carbons (Fsp3) is 1.00. The zero-order chi connectivity index (χ0) is 10.7. The third-order valence-corrected chi connectivity index (χ3v) is 6.14. The van der Waals surface area contributed by atoms with Gasteiger partial charge >= 0.3 is 0 Å². The van der Waals surface area contributed by atoms with E-state index < -0.39 is 0 Å². The first-order valence-corrected chi connectivity index (χ1v) is 7.16. The number of rotatable bonds is 3. The van der Waals surface area contributed by atoms with Gasteiger partial charge in [0.15, 0.2) is 0 Å². The lowest BCUT2D eigenvalue weighted by molar-refractivity contribution is -0.108. The summed E-state index contributed by atoms with van der Waals surface area (Å²) in [5, 5.41) is 0. The standard InChI is InChI=1S/C15H26/c1-5-10-13(8(2)3)15(10)14-9(4)11-6-7-12(11)14/h8-15H,5-7H2,1-4H3. The van der Waals surface area contributed by atoms with E-state index in [-0.39, 0.29) is 0 Å². The molecule has 7 unspecified atom stereocenters. The first-order chi connectivity index (χ1) is 7.16. The molecule has 0 aromatic heterocycles. The minimum atomic E-state index is 0.936. The normalized spacial score (nSPS) is 57.0. The SMILES string of the molecule is CCC1C(C(C)C)C1C1C(C)C2CCC21. The van der Waals surface area contributed by atoms with E-state index in [0.717, 1.165) is 41.4 Å². The summed E-state index contributed by atoms with van der Waals surface area (Å²) in [6.45, 7) is 9.82. The van der Waals surface area contributed by atoms with Crippen LogP contribution in [0, 0.1) is 47.3 Å². The van der Waals surface area contributed by atoms with Gasteiger partial charge in [0.05, 0.1) is 0 Å². The second kappa shape index (κ2) is 3.25. The first kappa shape index (κ1) is 10.2. The fourth-order valence-corrected chi connectivity index (χ4v) is 5.30. The summed E-state index contributed by atoms with van der Waals surface area (Å²) in [6, 6.07) is 0. The molecular formula is C15H26. The van der Waals surface area contributed by atoms with Crippen LogP contribution in [0.4, 0.5) is 0 Å². The van der Waals surface area contributed by atoms with Crippen LogP contribution in [0.25, 0.3) is 0 Å². The predicted octanol–water partition coefficient (Wildman–Crippen LogP) is 4.21. The lowest BCUT2D eigenvalue weighted by Gasteiger charge is -2.59. The van der Waals surface area contributed by atoms with Crippen molar-refractivity contribution in [2.75, 3.05) is 0 Å². The molecule has 7 atom stereocenters. The van der Waals surface area contributed by atoms with Crippen LogP contribution in [0.5, 0.6) is 0 Å². The Morgan fingerprint density at radius 2 is 1.73 bits per heavy atom. The molecule has 0 aromatic carbocycles. The van der Waals surface area contributed by atoms with Crippen LogP contribution in [0.1, 0.15) is 47.0 Å². The molecule has 3 rings (SSSR count). The summed E-state index contributed by atoms with van der Waals surface area (Å²) < 4.78 is 0. The van der Waals surface area contributed by atoms with Crippen LogP contribution >= 0.6 is 0 Å². The quantitative estimate of drug-likeness (QED) is 0.649. The summed E-state index contributed by atoms with van der Waals surface area (Å²) in [5.74, 6) is 8.79. The Balaban J connectivity index is 1.68. The van der Waals surface area contributed by atoms with E-state index >= 15 is 0 Å². The average Bonchev–Trinajstić information content (AvgIpc) is 2.85. The van der Waals surface area contributed by atoms with Gasteiger partial charge in [0, 0.05) is 0 Å². The topological polar surface area (TPSA) is 0 Å². The van der Waals surface area contributed by atoms with Crippen LogP contribution in [0.2, 0.25) is 0 Å². The zero-order valence-corrected chi connectivity index (χ0v) is 10.7. The van der Waals surface area contributed by atoms with Gasteiger partial charge in [-0.25, -0.2) is 0 Å². The Labute approximate surface area is 94.8 Å². The maximum Gasteiger partial charge on any atom is -0.0316 e. The molecule has 0 N–H and O–H groups in total. The molecule has 3 aliphatic rings. The molecule has 0 heterocycles. The Kier molecular flexibility index (Phi) is 2.20. The van der Waals surface area contributed by atoms with Crippen LogP contribution in [0.15, 0.2) is 0 Å². The Bertz CT molecular complexity index is 249. The molecule has 3 fully saturated rings. The molecule has 0 amide bonds. The highest BCUT2D eigenvalue weighted by Gasteiger charge is 2.64. The summed E-state index contributed by atoms with van der Waals surface area (Å²) in [5.41, 5.74) is 0. The van der Waals surface area contributed by atoms with Crippen molar-refractivity contribution in [3.63, 3.8) is 0 Å². The fourth-order valence-electron chi connectivity index (χ4n) is 5.30. The maximum atomic E-state index is 2.54. The van der Waals surface area contributed by atoms with E-state index in [2.05, 4.69) is 27.7 Å². The molecule has 0 aliphatic heterocycles. The van der Waals surface area contributed by atoms with Gasteiger partial charge in [-0.15, -0.1) is 0 Å². The van der Waals surface area contributed by atoms with Gasteiger partial charge in [0.2, 0.25) is 0 Å². The molecular weight excluding hydrogens is 180 g/mol.